The van der Waals surface area contributed by atoms with Gasteiger partial charge < -0.3 is 14.2 Å². The molecule has 0 rings (SSSR count). The van der Waals surface area contributed by atoms with Crippen molar-refractivity contribution < 1.29 is 28.6 Å². The van der Waals surface area contributed by atoms with Crippen molar-refractivity contribution >= 4 is 17.9 Å². The van der Waals surface area contributed by atoms with E-state index >= 15 is 0 Å². The number of hydrogen-bond acceptors (Lipinski definition) is 6. The fourth-order valence-corrected chi connectivity index (χ4v) is 7.82. The lowest BCUT2D eigenvalue weighted by Crippen LogP contribution is -2.30. The van der Waals surface area contributed by atoms with Crippen LogP contribution in [0, 0.1) is 0 Å². The summed E-state index contributed by atoms with van der Waals surface area (Å²) in [6, 6.07) is 0. The van der Waals surface area contributed by atoms with Gasteiger partial charge in [-0.05, 0) is 57.8 Å². The maximum Gasteiger partial charge on any atom is 0.306 e. The van der Waals surface area contributed by atoms with Crippen LogP contribution in [0.15, 0.2) is 72.9 Å². The molecule has 0 amide bonds. The van der Waals surface area contributed by atoms with Gasteiger partial charge in [0.1, 0.15) is 13.2 Å². The highest BCUT2D eigenvalue weighted by Gasteiger charge is 2.19. The molecule has 0 aromatic carbocycles. The number of rotatable bonds is 50. The molecule has 380 valence electrons. The van der Waals surface area contributed by atoms with E-state index in [9.17, 15) is 14.4 Å². The fourth-order valence-electron chi connectivity index (χ4n) is 7.82. The Labute approximate surface area is 408 Å². The van der Waals surface area contributed by atoms with Crippen LogP contribution in [0.4, 0.5) is 0 Å². The van der Waals surface area contributed by atoms with E-state index in [0.29, 0.717) is 19.3 Å². The highest BCUT2D eigenvalue weighted by Crippen LogP contribution is 2.16. The summed E-state index contributed by atoms with van der Waals surface area (Å²) in [6.45, 7) is 6.48. The molecule has 0 heterocycles. The number of carbonyl (C=O) groups is 3. The number of ether oxygens (including phenoxy) is 3. The molecule has 0 aliphatic heterocycles. The van der Waals surface area contributed by atoms with Crippen molar-refractivity contribution in [2.24, 2.45) is 0 Å². The van der Waals surface area contributed by atoms with Gasteiger partial charge >= 0.3 is 17.9 Å². The second kappa shape index (κ2) is 54.5. The Bertz CT molecular complexity index is 1240. The Balaban J connectivity index is 4.46. The van der Waals surface area contributed by atoms with Gasteiger partial charge in [0.25, 0.3) is 0 Å². The largest absolute Gasteiger partial charge is 0.462 e. The van der Waals surface area contributed by atoms with E-state index < -0.39 is 6.10 Å². The average Bonchev–Trinajstić information content (AvgIpc) is 3.31. The third kappa shape index (κ3) is 51.8. The van der Waals surface area contributed by atoms with Gasteiger partial charge in [0.05, 0.1) is 0 Å². The van der Waals surface area contributed by atoms with E-state index in [1.807, 2.05) is 6.08 Å². The molecule has 6 nitrogen and oxygen atoms in total. The summed E-state index contributed by atoms with van der Waals surface area (Å²) in [7, 11) is 0. The lowest BCUT2D eigenvalue weighted by Gasteiger charge is -2.18. The number of carbonyl (C=O) groups excluding carboxylic acids is 3. The fraction of sp³-hybridized carbons (Fsp3) is 0.750. The van der Waals surface area contributed by atoms with Crippen molar-refractivity contribution in [1.82, 2.24) is 0 Å². The Morgan fingerprint density at radius 2 is 0.591 bits per heavy atom. The zero-order chi connectivity index (χ0) is 47.9. The zero-order valence-electron chi connectivity index (χ0n) is 43.4. The Hall–Kier alpha value is -3.15. The highest BCUT2D eigenvalue weighted by atomic mass is 16.6. The van der Waals surface area contributed by atoms with Gasteiger partial charge in [-0.2, -0.15) is 0 Å². The van der Waals surface area contributed by atoms with Crippen molar-refractivity contribution in [3.05, 3.63) is 72.9 Å². The molecule has 0 aromatic rings. The third-order valence-corrected chi connectivity index (χ3v) is 12.0. The minimum Gasteiger partial charge on any atom is -0.462 e. The van der Waals surface area contributed by atoms with Crippen LogP contribution < -0.4 is 0 Å². The quantitative estimate of drug-likeness (QED) is 0.0262. The Morgan fingerprint density at radius 3 is 0.924 bits per heavy atom. The topological polar surface area (TPSA) is 78.9 Å². The summed E-state index contributed by atoms with van der Waals surface area (Å²) in [6.07, 6.45) is 69.0. The van der Waals surface area contributed by atoms with Crippen LogP contribution in [0.1, 0.15) is 271 Å². The molecule has 0 saturated carbocycles. The summed E-state index contributed by atoms with van der Waals surface area (Å²) in [5.74, 6) is -0.973. The molecule has 0 aromatic heterocycles. The third-order valence-electron chi connectivity index (χ3n) is 12.0. The predicted octanol–water partition coefficient (Wildman–Crippen LogP) is 18.6. The predicted molar refractivity (Wildman–Crippen MR) is 284 cm³/mol. The minimum absolute atomic E-state index is 0.0948. The summed E-state index contributed by atoms with van der Waals surface area (Å²) >= 11 is 0. The molecule has 6 heteroatoms. The lowest BCUT2D eigenvalue weighted by atomic mass is 10.0. The first-order valence-corrected chi connectivity index (χ1v) is 27.9. The van der Waals surface area contributed by atoms with Crippen molar-refractivity contribution in [2.75, 3.05) is 13.2 Å². The lowest BCUT2D eigenvalue weighted by molar-refractivity contribution is -0.166. The van der Waals surface area contributed by atoms with E-state index in [2.05, 4.69) is 87.6 Å². The molecule has 0 unspecified atom stereocenters. The van der Waals surface area contributed by atoms with Crippen molar-refractivity contribution in [1.29, 1.82) is 0 Å². The maximum absolute atomic E-state index is 12.8. The van der Waals surface area contributed by atoms with Crippen LogP contribution in [0.25, 0.3) is 0 Å². The van der Waals surface area contributed by atoms with E-state index in [1.165, 1.54) is 148 Å². The van der Waals surface area contributed by atoms with E-state index in [0.717, 1.165) is 77.0 Å². The van der Waals surface area contributed by atoms with Gasteiger partial charge in [-0.3, -0.25) is 14.4 Å². The molecule has 66 heavy (non-hydrogen) atoms. The highest BCUT2D eigenvalue weighted by molar-refractivity contribution is 5.71. The first kappa shape index (κ1) is 62.8. The second-order valence-corrected chi connectivity index (χ2v) is 18.5. The van der Waals surface area contributed by atoms with Gasteiger partial charge in [0, 0.05) is 19.3 Å². The monoisotopic (exact) mass is 921 g/mol. The van der Waals surface area contributed by atoms with Gasteiger partial charge in [-0.15, -0.1) is 0 Å². The van der Waals surface area contributed by atoms with Crippen LogP contribution >= 0.6 is 0 Å². The van der Waals surface area contributed by atoms with Crippen LogP contribution in [0.5, 0.6) is 0 Å². The molecule has 0 N–H and O–H groups in total. The summed E-state index contributed by atoms with van der Waals surface area (Å²) in [5, 5.41) is 0. The van der Waals surface area contributed by atoms with Gasteiger partial charge in [-0.1, -0.05) is 267 Å². The molecule has 0 fully saturated rings. The molecule has 0 spiro atoms. The van der Waals surface area contributed by atoms with Gasteiger partial charge in [-0.25, -0.2) is 0 Å². The van der Waals surface area contributed by atoms with Crippen molar-refractivity contribution in [3.63, 3.8) is 0 Å². The number of unbranched alkanes of at least 4 members (excludes halogenated alkanes) is 27. The van der Waals surface area contributed by atoms with E-state index in [4.69, 9.17) is 14.2 Å². The second-order valence-electron chi connectivity index (χ2n) is 18.5. The number of esters is 3. The molecule has 0 aliphatic carbocycles. The Morgan fingerprint density at radius 1 is 0.318 bits per heavy atom. The van der Waals surface area contributed by atoms with Crippen LogP contribution in [0.2, 0.25) is 0 Å². The smallest absolute Gasteiger partial charge is 0.306 e. The first-order chi connectivity index (χ1) is 32.5. The van der Waals surface area contributed by atoms with E-state index in [1.54, 1.807) is 0 Å². The molecule has 0 saturated heterocycles. The van der Waals surface area contributed by atoms with Gasteiger partial charge in [0.15, 0.2) is 6.10 Å². The summed E-state index contributed by atoms with van der Waals surface area (Å²) in [5.41, 5.74) is 0. The van der Waals surface area contributed by atoms with Crippen molar-refractivity contribution in [2.45, 2.75) is 277 Å². The standard InChI is InChI=1S/C60H104O6/c1-4-7-10-13-16-19-22-25-27-29-30-31-33-35-38-41-44-47-50-53-59(62)65-56-57(55-64-58(61)52-49-46-43-40-37-34-24-21-18-15-12-9-6-3)66-60(63)54-51-48-45-42-39-36-32-28-26-23-20-17-14-11-8-5-2/h7,10,16,19,25,27,30-31,35,38,44,47,57H,4-6,8-9,11-15,17-18,20-24,26,28-29,32-34,36-37,39-43,45-46,48-56H2,1-3H3/b10-7-,19-16-,27-25-,31-30-,38-35-,47-44-/t57-/m1/s1. The minimum atomic E-state index is -0.802. The van der Waals surface area contributed by atoms with Crippen molar-refractivity contribution in [3.8, 4) is 0 Å². The molecule has 0 radical (unpaired) electrons. The maximum atomic E-state index is 12.8. The first-order valence-electron chi connectivity index (χ1n) is 27.9. The SMILES string of the molecule is CC/C=C\C/C=C\C/C=C\C/C=C\C/C=C\C/C=C\CCC(=O)OC[C@@H](COC(=O)CCCCCCCCCCCCCCC)OC(=O)CCCCCCCCCCCCCCCCCC. The molecular formula is C60H104O6. The zero-order valence-corrected chi connectivity index (χ0v) is 43.4. The van der Waals surface area contributed by atoms with E-state index in [-0.39, 0.29) is 37.5 Å². The molecule has 1 atom stereocenters. The van der Waals surface area contributed by atoms with Crippen LogP contribution in [-0.2, 0) is 28.6 Å². The van der Waals surface area contributed by atoms with Crippen LogP contribution in [-0.4, -0.2) is 37.2 Å². The Kier molecular flexibility index (Phi) is 51.9. The number of hydrogen-bond donors (Lipinski definition) is 0. The summed E-state index contributed by atoms with van der Waals surface area (Å²) < 4.78 is 16.8. The summed E-state index contributed by atoms with van der Waals surface area (Å²) in [4.78, 5) is 38.1. The molecular weight excluding hydrogens is 817 g/mol. The normalized spacial score (nSPS) is 12.6. The number of allylic oxidation sites excluding steroid dienone is 12. The van der Waals surface area contributed by atoms with Crippen LogP contribution in [0.3, 0.4) is 0 Å². The molecule has 0 aliphatic rings. The van der Waals surface area contributed by atoms with Gasteiger partial charge in [0.2, 0.25) is 0 Å². The average molecular weight is 921 g/mol. The molecule has 0 bridgehead atoms.